The van der Waals surface area contributed by atoms with Gasteiger partial charge in [-0.3, -0.25) is 4.79 Å². The van der Waals surface area contributed by atoms with Crippen molar-refractivity contribution in [1.82, 2.24) is 18.8 Å². The van der Waals surface area contributed by atoms with Crippen LogP contribution in [0.2, 0.25) is 0 Å². The molecule has 1 aromatic heterocycles. The second kappa shape index (κ2) is 7.23. The first-order valence-electron chi connectivity index (χ1n) is 7.73. The molecule has 0 atom stereocenters. The van der Waals surface area contributed by atoms with E-state index in [1.165, 1.54) is 4.31 Å². The zero-order valence-corrected chi connectivity index (χ0v) is 14.0. The van der Waals surface area contributed by atoms with Crippen LogP contribution in [0.3, 0.4) is 0 Å². The number of carbonyl (C=O) groups is 1. The van der Waals surface area contributed by atoms with Crippen molar-refractivity contribution >= 4 is 15.9 Å². The molecule has 0 aromatic carbocycles. The lowest BCUT2D eigenvalue weighted by atomic mass is 10.3. The molecule has 1 aliphatic rings. The molecule has 7 nitrogen and oxygen atoms in total. The van der Waals surface area contributed by atoms with Crippen molar-refractivity contribution < 1.29 is 13.2 Å². The van der Waals surface area contributed by atoms with E-state index in [-0.39, 0.29) is 11.7 Å². The third-order valence-electron chi connectivity index (χ3n) is 4.03. The molecule has 0 radical (unpaired) electrons. The van der Waals surface area contributed by atoms with Gasteiger partial charge in [0, 0.05) is 58.0 Å². The molecular formula is C14H24N4O3S. The molecule has 1 amide bonds. The number of sulfonamides is 1. The second-order valence-electron chi connectivity index (χ2n) is 5.32. The van der Waals surface area contributed by atoms with Gasteiger partial charge >= 0.3 is 0 Å². The maximum Gasteiger partial charge on any atom is 0.224 e. The van der Waals surface area contributed by atoms with E-state index >= 15 is 0 Å². The lowest BCUT2D eigenvalue weighted by Gasteiger charge is -2.34. The minimum atomic E-state index is -3.14. The SMILES string of the molecule is CCc1nccn1CCC(=O)N1CCN(S(=O)(=O)CC)CC1. The zero-order chi connectivity index (χ0) is 16.2. The van der Waals surface area contributed by atoms with Gasteiger partial charge in [-0.2, -0.15) is 4.31 Å². The fourth-order valence-corrected chi connectivity index (χ4v) is 3.72. The van der Waals surface area contributed by atoms with Gasteiger partial charge < -0.3 is 9.47 Å². The number of imidazole rings is 1. The summed E-state index contributed by atoms with van der Waals surface area (Å²) in [7, 11) is -3.14. The molecule has 2 rings (SSSR count). The predicted octanol–water partition coefficient (Wildman–Crippen LogP) is 0.330. The molecule has 0 spiro atoms. The Kier molecular flexibility index (Phi) is 5.57. The first-order valence-corrected chi connectivity index (χ1v) is 9.34. The summed E-state index contributed by atoms with van der Waals surface area (Å²) >= 11 is 0. The third-order valence-corrected chi connectivity index (χ3v) is 5.92. The second-order valence-corrected chi connectivity index (χ2v) is 7.58. The highest BCUT2D eigenvalue weighted by Gasteiger charge is 2.27. The molecule has 0 N–H and O–H groups in total. The van der Waals surface area contributed by atoms with Crippen LogP contribution in [0.25, 0.3) is 0 Å². The van der Waals surface area contributed by atoms with Crippen LogP contribution in [0.4, 0.5) is 0 Å². The Labute approximate surface area is 132 Å². The van der Waals surface area contributed by atoms with Gasteiger partial charge in [0.2, 0.25) is 15.9 Å². The van der Waals surface area contributed by atoms with Crippen LogP contribution in [0.15, 0.2) is 12.4 Å². The Morgan fingerprint density at radius 1 is 1.23 bits per heavy atom. The van der Waals surface area contributed by atoms with E-state index in [4.69, 9.17) is 0 Å². The molecule has 1 saturated heterocycles. The van der Waals surface area contributed by atoms with Gasteiger partial charge in [0.15, 0.2) is 0 Å². The highest BCUT2D eigenvalue weighted by molar-refractivity contribution is 7.89. The summed E-state index contributed by atoms with van der Waals surface area (Å²) in [5.74, 6) is 1.16. The highest BCUT2D eigenvalue weighted by atomic mass is 32.2. The number of carbonyl (C=O) groups excluding carboxylic acids is 1. The molecule has 0 aliphatic carbocycles. The Bertz CT molecular complexity index is 603. The van der Waals surface area contributed by atoms with E-state index in [0.717, 1.165) is 12.2 Å². The summed E-state index contributed by atoms with van der Waals surface area (Å²) in [4.78, 5) is 18.2. The molecule has 8 heteroatoms. The van der Waals surface area contributed by atoms with E-state index in [1.54, 1.807) is 18.0 Å². The topological polar surface area (TPSA) is 75.5 Å². The van der Waals surface area contributed by atoms with E-state index < -0.39 is 10.0 Å². The Morgan fingerprint density at radius 3 is 2.50 bits per heavy atom. The summed E-state index contributed by atoms with van der Waals surface area (Å²) in [5, 5.41) is 0. The standard InChI is InChI=1S/C14H24N4O3S/c1-3-13-15-6-8-16(13)7-5-14(19)17-9-11-18(12-10-17)22(20,21)4-2/h6,8H,3-5,7,9-12H2,1-2H3. The zero-order valence-electron chi connectivity index (χ0n) is 13.2. The van der Waals surface area contributed by atoms with Gasteiger partial charge in [0.05, 0.1) is 5.75 Å². The quantitative estimate of drug-likeness (QED) is 0.754. The first-order chi connectivity index (χ1) is 10.5. The maximum atomic E-state index is 12.2. The van der Waals surface area contributed by atoms with Gasteiger partial charge in [0.1, 0.15) is 5.82 Å². The van der Waals surface area contributed by atoms with Crippen LogP contribution in [-0.4, -0.2) is 65.0 Å². The van der Waals surface area contributed by atoms with Crippen LogP contribution >= 0.6 is 0 Å². The minimum absolute atomic E-state index is 0.0734. The van der Waals surface area contributed by atoms with Crippen molar-refractivity contribution in [2.45, 2.75) is 33.2 Å². The fourth-order valence-electron chi connectivity index (χ4n) is 2.63. The number of rotatable bonds is 6. The number of aryl methyl sites for hydroxylation is 2. The molecule has 22 heavy (non-hydrogen) atoms. The summed E-state index contributed by atoms with van der Waals surface area (Å²) in [5.41, 5.74) is 0. The van der Waals surface area contributed by atoms with Crippen molar-refractivity contribution in [3.63, 3.8) is 0 Å². The Hall–Kier alpha value is -1.41. The van der Waals surface area contributed by atoms with Crippen LogP contribution < -0.4 is 0 Å². The smallest absolute Gasteiger partial charge is 0.224 e. The lowest BCUT2D eigenvalue weighted by Crippen LogP contribution is -2.51. The van der Waals surface area contributed by atoms with Crippen molar-refractivity contribution in [3.8, 4) is 0 Å². The van der Waals surface area contributed by atoms with Crippen LogP contribution in [-0.2, 0) is 27.8 Å². The number of aromatic nitrogens is 2. The van der Waals surface area contributed by atoms with Crippen molar-refractivity contribution in [2.24, 2.45) is 0 Å². The lowest BCUT2D eigenvalue weighted by molar-refractivity contribution is -0.132. The third kappa shape index (κ3) is 3.86. The summed E-state index contributed by atoms with van der Waals surface area (Å²) in [6.07, 6.45) is 4.90. The van der Waals surface area contributed by atoms with Gasteiger partial charge in [-0.15, -0.1) is 0 Å². The van der Waals surface area contributed by atoms with Crippen LogP contribution in [0.5, 0.6) is 0 Å². The first kappa shape index (κ1) is 17.0. The number of hydrogen-bond acceptors (Lipinski definition) is 4. The number of amides is 1. The van der Waals surface area contributed by atoms with Gasteiger partial charge in [-0.25, -0.2) is 13.4 Å². The van der Waals surface area contributed by atoms with E-state index in [2.05, 4.69) is 4.98 Å². The van der Waals surface area contributed by atoms with E-state index in [1.807, 2.05) is 17.7 Å². The van der Waals surface area contributed by atoms with Crippen molar-refractivity contribution in [1.29, 1.82) is 0 Å². The molecule has 0 unspecified atom stereocenters. The fraction of sp³-hybridized carbons (Fsp3) is 0.714. The number of hydrogen-bond donors (Lipinski definition) is 0. The molecule has 1 aliphatic heterocycles. The molecule has 2 heterocycles. The molecule has 1 aromatic rings. The van der Waals surface area contributed by atoms with Crippen LogP contribution in [0, 0.1) is 0 Å². The normalized spacial score (nSPS) is 16.9. The Morgan fingerprint density at radius 2 is 1.91 bits per heavy atom. The Balaban J connectivity index is 1.83. The van der Waals surface area contributed by atoms with E-state index in [0.29, 0.717) is 39.1 Å². The molecular weight excluding hydrogens is 304 g/mol. The largest absolute Gasteiger partial charge is 0.340 e. The number of nitrogens with zero attached hydrogens (tertiary/aromatic N) is 4. The molecule has 0 bridgehead atoms. The van der Waals surface area contributed by atoms with Gasteiger partial charge in [-0.1, -0.05) is 6.92 Å². The molecule has 0 saturated carbocycles. The highest BCUT2D eigenvalue weighted by Crippen LogP contribution is 2.10. The van der Waals surface area contributed by atoms with Crippen LogP contribution in [0.1, 0.15) is 26.1 Å². The summed E-state index contributed by atoms with van der Waals surface area (Å²) in [6, 6.07) is 0. The average Bonchev–Trinajstić information content (AvgIpc) is 3.00. The molecule has 124 valence electrons. The predicted molar refractivity (Wildman–Crippen MR) is 83.8 cm³/mol. The van der Waals surface area contributed by atoms with Gasteiger partial charge in [0.25, 0.3) is 0 Å². The van der Waals surface area contributed by atoms with Crippen molar-refractivity contribution in [2.75, 3.05) is 31.9 Å². The number of piperazine rings is 1. The summed E-state index contributed by atoms with van der Waals surface area (Å²) in [6.45, 7) is 6.04. The summed E-state index contributed by atoms with van der Waals surface area (Å²) < 4.78 is 27.1. The monoisotopic (exact) mass is 328 g/mol. The van der Waals surface area contributed by atoms with Crippen molar-refractivity contribution in [3.05, 3.63) is 18.2 Å². The maximum absolute atomic E-state index is 12.2. The van der Waals surface area contributed by atoms with Gasteiger partial charge in [-0.05, 0) is 6.92 Å². The average molecular weight is 328 g/mol. The molecule has 1 fully saturated rings. The van der Waals surface area contributed by atoms with E-state index in [9.17, 15) is 13.2 Å². The minimum Gasteiger partial charge on any atom is -0.340 e.